The maximum atomic E-state index is 12.2. The van der Waals surface area contributed by atoms with Crippen LogP contribution in [0.5, 0.6) is 0 Å². The summed E-state index contributed by atoms with van der Waals surface area (Å²) in [5, 5.41) is 23.2. The van der Waals surface area contributed by atoms with Crippen LogP contribution in [0.4, 0.5) is 0 Å². The molecule has 0 saturated carbocycles. The summed E-state index contributed by atoms with van der Waals surface area (Å²) in [6.45, 7) is 7.03. The van der Waals surface area contributed by atoms with Crippen molar-refractivity contribution in [3.05, 3.63) is 0 Å². The van der Waals surface area contributed by atoms with E-state index < -0.39 is 12.3 Å². The molecule has 4 heteroatoms. The molecule has 0 aromatic carbocycles. The van der Waals surface area contributed by atoms with Gasteiger partial charge in [-0.2, -0.15) is 0 Å². The zero-order valence-electron chi connectivity index (χ0n) is 36.0. The van der Waals surface area contributed by atoms with Gasteiger partial charge in [0.15, 0.2) is 0 Å². The van der Waals surface area contributed by atoms with Gasteiger partial charge in [0, 0.05) is 12.8 Å². The molecule has 0 radical (unpaired) electrons. The highest BCUT2D eigenvalue weighted by atomic mass is 16.3. The summed E-state index contributed by atoms with van der Waals surface area (Å²) in [5.74, 6) is 0.792. The Kier molecular flexibility index (Phi) is 42.6. The molecule has 0 fully saturated rings. The molecule has 1 amide bonds. The van der Waals surface area contributed by atoms with E-state index in [0.29, 0.717) is 12.8 Å². The first-order valence-corrected chi connectivity index (χ1v) is 24.1. The minimum atomic E-state index is -0.934. The van der Waals surface area contributed by atoms with E-state index in [-0.39, 0.29) is 12.3 Å². The Morgan fingerprint density at radius 1 is 0.404 bits per heavy atom. The molecular formula is C48H97NO3. The smallest absolute Gasteiger partial charge is 0.221 e. The van der Waals surface area contributed by atoms with Crippen molar-refractivity contribution in [1.82, 2.24) is 5.32 Å². The number of hydrogen-bond acceptors (Lipinski definition) is 3. The van der Waals surface area contributed by atoms with Crippen molar-refractivity contribution in [2.75, 3.05) is 0 Å². The van der Waals surface area contributed by atoms with E-state index in [1.54, 1.807) is 0 Å². The lowest BCUT2D eigenvalue weighted by molar-refractivity contribution is -0.124. The predicted octanol–water partition coefficient (Wildman–Crippen LogP) is 15.5. The molecule has 0 aliphatic heterocycles. The first-order chi connectivity index (χ1) is 25.5. The maximum Gasteiger partial charge on any atom is 0.221 e. The van der Waals surface area contributed by atoms with Gasteiger partial charge in [0.05, 0.1) is 6.10 Å². The van der Waals surface area contributed by atoms with Gasteiger partial charge in [-0.05, 0) is 18.8 Å². The molecule has 52 heavy (non-hydrogen) atoms. The topological polar surface area (TPSA) is 69.6 Å². The lowest BCUT2D eigenvalue weighted by Gasteiger charge is -2.17. The first kappa shape index (κ1) is 51.4. The van der Waals surface area contributed by atoms with Crippen LogP contribution in [0.15, 0.2) is 0 Å². The van der Waals surface area contributed by atoms with Gasteiger partial charge in [-0.15, -0.1) is 0 Å². The van der Waals surface area contributed by atoms with Gasteiger partial charge in [-0.25, -0.2) is 0 Å². The molecule has 3 atom stereocenters. The summed E-state index contributed by atoms with van der Waals surface area (Å²) in [7, 11) is 0. The number of amides is 1. The molecule has 0 aliphatic carbocycles. The molecule has 3 N–H and O–H groups in total. The molecule has 312 valence electrons. The number of hydrogen-bond donors (Lipinski definition) is 3. The van der Waals surface area contributed by atoms with Crippen molar-refractivity contribution in [2.45, 2.75) is 296 Å². The number of carbonyl (C=O) groups excluding carboxylic acids is 1. The lowest BCUT2D eigenvalue weighted by Crippen LogP contribution is -2.37. The van der Waals surface area contributed by atoms with E-state index in [9.17, 15) is 15.0 Å². The van der Waals surface area contributed by atoms with Gasteiger partial charge in [-0.1, -0.05) is 258 Å². The standard InChI is InChI=1S/C48H97NO3/c1-4-6-8-10-12-14-16-18-19-20-22-23-25-28-32-36-40-45(3)41-37-33-29-27-31-35-39-43-47(51)49-48(52)44-46(50)42-38-34-30-26-24-21-17-15-13-11-9-7-5-2/h45-46,48,50,52H,4-44H2,1-3H3,(H,49,51)/t45?,46-,48?/m1/s1. The van der Waals surface area contributed by atoms with Crippen molar-refractivity contribution < 1.29 is 15.0 Å². The SMILES string of the molecule is CCCCCCCCCCCCCCCCCCC(C)CCCCCCCCCC(=O)NC(O)C[C@H](O)CCCCCCCCCCCCCCC. The molecule has 0 spiro atoms. The fourth-order valence-electron chi connectivity index (χ4n) is 7.94. The summed E-state index contributed by atoms with van der Waals surface area (Å²) in [6, 6.07) is 0. The second-order valence-electron chi connectivity index (χ2n) is 17.2. The van der Waals surface area contributed by atoms with Gasteiger partial charge in [-0.3, -0.25) is 4.79 Å². The Morgan fingerprint density at radius 2 is 0.673 bits per heavy atom. The second-order valence-corrected chi connectivity index (χ2v) is 17.2. The normalized spacial score (nSPS) is 13.4. The maximum absolute atomic E-state index is 12.2. The fourth-order valence-corrected chi connectivity index (χ4v) is 7.94. The minimum Gasteiger partial charge on any atom is -0.393 e. The van der Waals surface area contributed by atoms with E-state index in [1.165, 1.54) is 218 Å². The van der Waals surface area contributed by atoms with E-state index in [1.807, 2.05) is 0 Å². The quantitative estimate of drug-likeness (QED) is 0.0431. The average Bonchev–Trinajstić information content (AvgIpc) is 3.12. The van der Waals surface area contributed by atoms with E-state index in [0.717, 1.165) is 31.6 Å². The van der Waals surface area contributed by atoms with Crippen LogP contribution in [-0.4, -0.2) is 28.5 Å². The highest BCUT2D eigenvalue weighted by Gasteiger charge is 2.14. The lowest BCUT2D eigenvalue weighted by atomic mass is 9.95. The van der Waals surface area contributed by atoms with Gasteiger partial charge in [0.1, 0.15) is 6.23 Å². The van der Waals surface area contributed by atoms with Crippen LogP contribution in [0, 0.1) is 5.92 Å². The number of aliphatic hydroxyl groups is 2. The van der Waals surface area contributed by atoms with Gasteiger partial charge in [0.25, 0.3) is 0 Å². The van der Waals surface area contributed by atoms with E-state index in [2.05, 4.69) is 26.1 Å². The largest absolute Gasteiger partial charge is 0.393 e. The zero-order chi connectivity index (χ0) is 38.0. The van der Waals surface area contributed by atoms with Crippen LogP contribution in [0.25, 0.3) is 0 Å². The first-order valence-electron chi connectivity index (χ1n) is 24.1. The third-order valence-electron chi connectivity index (χ3n) is 11.6. The molecule has 0 heterocycles. The molecule has 0 aromatic rings. The molecule has 0 aromatic heterocycles. The Morgan fingerprint density at radius 3 is 1.00 bits per heavy atom. The van der Waals surface area contributed by atoms with E-state index >= 15 is 0 Å². The zero-order valence-corrected chi connectivity index (χ0v) is 36.0. The molecule has 4 nitrogen and oxygen atoms in total. The van der Waals surface area contributed by atoms with Gasteiger partial charge < -0.3 is 15.5 Å². The highest BCUT2D eigenvalue weighted by Crippen LogP contribution is 2.20. The summed E-state index contributed by atoms with van der Waals surface area (Å²) in [5.41, 5.74) is 0. The number of aliphatic hydroxyl groups excluding tert-OH is 2. The fraction of sp³-hybridized carbons (Fsp3) is 0.979. The van der Waals surface area contributed by atoms with Crippen molar-refractivity contribution in [3.63, 3.8) is 0 Å². The van der Waals surface area contributed by atoms with Crippen LogP contribution in [0.2, 0.25) is 0 Å². The molecule has 0 saturated heterocycles. The summed E-state index contributed by atoms with van der Waals surface area (Å²) in [4.78, 5) is 12.2. The third kappa shape index (κ3) is 42.1. The molecule has 0 rings (SSSR count). The third-order valence-corrected chi connectivity index (χ3v) is 11.6. The van der Waals surface area contributed by atoms with Crippen LogP contribution in [0.1, 0.15) is 284 Å². The number of unbranched alkanes of at least 4 members (excludes halogenated alkanes) is 33. The van der Waals surface area contributed by atoms with Gasteiger partial charge >= 0.3 is 0 Å². The Balaban J connectivity index is 3.40. The number of carbonyl (C=O) groups is 1. The van der Waals surface area contributed by atoms with Crippen LogP contribution in [0.3, 0.4) is 0 Å². The molecule has 0 bridgehead atoms. The van der Waals surface area contributed by atoms with Crippen LogP contribution in [-0.2, 0) is 4.79 Å². The Labute approximate surface area is 327 Å². The minimum absolute atomic E-state index is 0.0843. The molecule has 2 unspecified atom stereocenters. The van der Waals surface area contributed by atoms with Crippen molar-refractivity contribution in [1.29, 1.82) is 0 Å². The molecular weight excluding hydrogens is 639 g/mol. The monoisotopic (exact) mass is 736 g/mol. The Hall–Kier alpha value is -0.610. The van der Waals surface area contributed by atoms with E-state index in [4.69, 9.17) is 0 Å². The highest BCUT2D eigenvalue weighted by molar-refractivity contribution is 5.75. The predicted molar refractivity (Wildman–Crippen MR) is 230 cm³/mol. The average molecular weight is 736 g/mol. The summed E-state index contributed by atoms with van der Waals surface area (Å²) < 4.78 is 0. The van der Waals surface area contributed by atoms with Crippen molar-refractivity contribution >= 4 is 5.91 Å². The van der Waals surface area contributed by atoms with Gasteiger partial charge in [0.2, 0.25) is 5.91 Å². The number of nitrogens with one attached hydrogen (secondary N) is 1. The van der Waals surface area contributed by atoms with Crippen LogP contribution >= 0.6 is 0 Å². The van der Waals surface area contributed by atoms with Crippen molar-refractivity contribution in [2.24, 2.45) is 5.92 Å². The number of rotatable bonds is 44. The molecule has 0 aliphatic rings. The Bertz CT molecular complexity index is 685. The van der Waals surface area contributed by atoms with Crippen LogP contribution < -0.4 is 5.32 Å². The second kappa shape index (κ2) is 43.1. The summed E-state index contributed by atoms with van der Waals surface area (Å²) in [6.07, 6.45) is 51.4. The summed E-state index contributed by atoms with van der Waals surface area (Å²) >= 11 is 0. The van der Waals surface area contributed by atoms with Crippen molar-refractivity contribution in [3.8, 4) is 0 Å².